The molecule has 10 nitrogen and oxygen atoms in total. The first-order valence-electron chi connectivity index (χ1n) is 11.6. The molecule has 186 valence electrons. The van der Waals surface area contributed by atoms with Crippen LogP contribution in [0.5, 0.6) is 0 Å². The molecule has 2 N–H and O–H groups in total. The van der Waals surface area contributed by atoms with Gasteiger partial charge < -0.3 is 19.7 Å². The van der Waals surface area contributed by atoms with E-state index in [1.165, 1.54) is 16.7 Å². The summed E-state index contributed by atoms with van der Waals surface area (Å²) in [5.41, 5.74) is 2.25. The number of allylic oxidation sites excluding steroid dienone is 1. The molecule has 6 rings (SSSR count). The number of hydrogen-bond donors (Lipinski definition) is 2. The first-order chi connectivity index (χ1) is 17.4. The van der Waals surface area contributed by atoms with Crippen molar-refractivity contribution < 1.29 is 28.7 Å². The zero-order valence-electron chi connectivity index (χ0n) is 19.0. The lowest BCUT2D eigenvalue weighted by atomic mass is 10.0. The molecule has 12 heteroatoms. The van der Waals surface area contributed by atoms with Crippen molar-refractivity contribution in [2.45, 2.75) is 41.9 Å². The van der Waals surface area contributed by atoms with Gasteiger partial charge in [-0.15, -0.1) is 11.8 Å². The summed E-state index contributed by atoms with van der Waals surface area (Å²) in [7, 11) is 0. The molecule has 2 aromatic rings. The minimum Gasteiger partial charge on any atom is -0.477 e. The minimum atomic E-state index is -1.22. The largest absolute Gasteiger partial charge is 0.477 e. The van der Waals surface area contributed by atoms with Gasteiger partial charge in [0, 0.05) is 23.9 Å². The number of hydrogen-bond acceptors (Lipinski definition) is 8. The predicted molar refractivity (Wildman–Crippen MR) is 132 cm³/mol. The van der Waals surface area contributed by atoms with Crippen LogP contribution in [0.2, 0.25) is 0 Å². The normalized spacial score (nSPS) is 24.9. The van der Waals surface area contributed by atoms with Gasteiger partial charge in [0.1, 0.15) is 22.6 Å². The van der Waals surface area contributed by atoms with Gasteiger partial charge in [0.25, 0.3) is 11.1 Å². The lowest BCUT2D eigenvalue weighted by Gasteiger charge is -2.49. The van der Waals surface area contributed by atoms with Crippen LogP contribution in [0.1, 0.15) is 19.3 Å². The highest BCUT2D eigenvalue weighted by atomic mass is 32.2. The van der Waals surface area contributed by atoms with Crippen LogP contribution in [0.4, 0.5) is 0 Å². The quantitative estimate of drug-likeness (QED) is 0.316. The number of carbonyl (C=O) groups is 4. The second-order valence-corrected chi connectivity index (χ2v) is 11.1. The summed E-state index contributed by atoms with van der Waals surface area (Å²) in [5, 5.41) is 12.4. The molecule has 0 radical (unpaired) electrons. The van der Waals surface area contributed by atoms with Gasteiger partial charge in [0.2, 0.25) is 11.8 Å². The third kappa shape index (κ3) is 4.07. The lowest BCUT2D eigenvalue weighted by Crippen LogP contribution is -2.70. The number of para-hydroxylation sites is 2. The number of likely N-dealkylation sites (tertiary alicyclic amines) is 1. The molecule has 4 heterocycles. The summed E-state index contributed by atoms with van der Waals surface area (Å²) in [5.74, 6) is -1.77. The average Bonchev–Trinajstić information content (AvgIpc) is 3.52. The number of thioether (sulfide) groups is 2. The Kier molecular flexibility index (Phi) is 5.79. The summed E-state index contributed by atoms with van der Waals surface area (Å²) < 4.78 is 5.60. The molecule has 3 fully saturated rings. The van der Waals surface area contributed by atoms with Crippen molar-refractivity contribution in [1.82, 2.24) is 20.1 Å². The van der Waals surface area contributed by atoms with Gasteiger partial charge in [0.15, 0.2) is 5.58 Å². The van der Waals surface area contributed by atoms with E-state index in [2.05, 4.69) is 10.3 Å². The number of carbonyl (C=O) groups excluding carboxylic acids is 3. The number of aromatic nitrogens is 1. The highest BCUT2D eigenvalue weighted by molar-refractivity contribution is 8.00. The van der Waals surface area contributed by atoms with Crippen molar-refractivity contribution in [3.8, 4) is 0 Å². The Morgan fingerprint density at radius 1 is 1.28 bits per heavy atom. The molecule has 1 aliphatic carbocycles. The second kappa shape index (κ2) is 9.00. The zero-order chi connectivity index (χ0) is 25.0. The summed E-state index contributed by atoms with van der Waals surface area (Å²) in [6, 6.07) is 6.78. The molecule has 1 aromatic heterocycles. The Hall–Kier alpha value is -3.25. The van der Waals surface area contributed by atoms with Crippen molar-refractivity contribution in [3.63, 3.8) is 0 Å². The van der Waals surface area contributed by atoms with Gasteiger partial charge >= 0.3 is 5.97 Å². The van der Waals surface area contributed by atoms with E-state index in [4.69, 9.17) is 4.42 Å². The first-order valence-corrected chi connectivity index (χ1v) is 13.6. The van der Waals surface area contributed by atoms with Gasteiger partial charge in [-0.05, 0) is 43.0 Å². The highest BCUT2D eigenvalue weighted by Crippen LogP contribution is 2.42. The van der Waals surface area contributed by atoms with Crippen molar-refractivity contribution in [1.29, 1.82) is 0 Å². The zero-order valence-corrected chi connectivity index (χ0v) is 20.6. The topological polar surface area (TPSA) is 133 Å². The SMILES string of the molecule is O=C(CSc1nc2ccccc2o1)N[C@@H]1C(=O)N2C(C(=O)O)=C(/C=C3\CCN(C4CC4)C3=O)CS[C@H]12. The third-order valence-electron chi connectivity index (χ3n) is 6.61. The number of fused-ring (bicyclic) bond motifs is 2. The molecule has 2 saturated heterocycles. The van der Waals surface area contributed by atoms with E-state index in [0.29, 0.717) is 52.2 Å². The molecule has 4 aliphatic rings. The smallest absolute Gasteiger partial charge is 0.352 e. The van der Waals surface area contributed by atoms with E-state index in [9.17, 15) is 24.3 Å². The Labute approximate surface area is 214 Å². The minimum absolute atomic E-state index is 0.00652. The van der Waals surface area contributed by atoms with Crippen LogP contribution in [0.15, 0.2) is 56.8 Å². The maximum Gasteiger partial charge on any atom is 0.352 e. The van der Waals surface area contributed by atoms with Crippen LogP contribution in [0, 0.1) is 0 Å². The number of rotatable bonds is 7. The van der Waals surface area contributed by atoms with E-state index in [1.54, 1.807) is 12.1 Å². The Morgan fingerprint density at radius 3 is 2.83 bits per heavy atom. The standard InChI is InChI=1S/C24H22N4O6S2/c29-17(11-36-24-25-15-3-1-2-4-16(15)34-24)26-18-21(31)28-19(23(32)33)13(10-35-22(18)28)9-12-7-8-27(20(12)30)14-5-6-14/h1-4,9,14,18,22H,5-8,10-11H2,(H,26,29)(H,32,33)/b12-9+/t18-,22-/m1/s1. The van der Waals surface area contributed by atoms with Crippen LogP contribution in [0.25, 0.3) is 11.1 Å². The Bertz CT molecular complexity index is 1330. The summed E-state index contributed by atoms with van der Waals surface area (Å²) in [6.45, 7) is 0.652. The van der Waals surface area contributed by atoms with Crippen LogP contribution in [0.3, 0.4) is 0 Å². The van der Waals surface area contributed by atoms with Crippen molar-refractivity contribution in [3.05, 3.63) is 47.2 Å². The number of carboxylic acid groups (broad SMARTS) is 1. The van der Waals surface area contributed by atoms with E-state index in [-0.39, 0.29) is 23.3 Å². The monoisotopic (exact) mass is 526 g/mol. The number of aliphatic carboxylic acids is 1. The van der Waals surface area contributed by atoms with Gasteiger partial charge in [-0.2, -0.15) is 0 Å². The molecular weight excluding hydrogens is 504 g/mol. The number of amides is 3. The van der Waals surface area contributed by atoms with Crippen LogP contribution in [-0.4, -0.2) is 79.1 Å². The molecule has 2 atom stereocenters. The van der Waals surface area contributed by atoms with Gasteiger partial charge in [-0.25, -0.2) is 9.78 Å². The maximum atomic E-state index is 12.9. The van der Waals surface area contributed by atoms with Gasteiger partial charge in [-0.1, -0.05) is 23.9 Å². The molecule has 0 unspecified atom stereocenters. The summed E-state index contributed by atoms with van der Waals surface area (Å²) in [4.78, 5) is 57.6. The lowest BCUT2D eigenvalue weighted by molar-refractivity contribution is -0.150. The van der Waals surface area contributed by atoms with Gasteiger partial charge in [-0.3, -0.25) is 19.3 Å². The van der Waals surface area contributed by atoms with Crippen LogP contribution < -0.4 is 5.32 Å². The Balaban J connectivity index is 1.12. The number of nitrogens with zero attached hydrogens (tertiary/aromatic N) is 3. The number of carboxylic acids is 1. The number of benzene rings is 1. The molecule has 1 aromatic carbocycles. The van der Waals surface area contributed by atoms with E-state index in [0.717, 1.165) is 24.6 Å². The van der Waals surface area contributed by atoms with Crippen molar-refractivity contribution in [2.24, 2.45) is 0 Å². The van der Waals surface area contributed by atoms with Crippen LogP contribution in [-0.2, 0) is 19.2 Å². The van der Waals surface area contributed by atoms with Gasteiger partial charge in [0.05, 0.1) is 5.75 Å². The van der Waals surface area contributed by atoms with E-state index >= 15 is 0 Å². The fraction of sp³-hybridized carbons (Fsp3) is 0.375. The maximum absolute atomic E-state index is 12.9. The van der Waals surface area contributed by atoms with Crippen molar-refractivity contribution in [2.75, 3.05) is 18.1 Å². The second-order valence-electron chi connectivity index (χ2n) is 9.02. The molecule has 0 spiro atoms. The fourth-order valence-electron chi connectivity index (χ4n) is 4.72. The number of oxazole rings is 1. The molecule has 3 amide bonds. The average molecular weight is 527 g/mol. The fourth-order valence-corrected chi connectivity index (χ4v) is 6.68. The van der Waals surface area contributed by atoms with Crippen LogP contribution >= 0.6 is 23.5 Å². The molecule has 0 bridgehead atoms. The van der Waals surface area contributed by atoms with E-state index < -0.39 is 23.3 Å². The number of nitrogens with one attached hydrogen (secondary N) is 1. The summed E-state index contributed by atoms with van der Waals surface area (Å²) >= 11 is 2.50. The molecule has 3 aliphatic heterocycles. The van der Waals surface area contributed by atoms with Crippen molar-refractivity contribution >= 4 is 58.3 Å². The molecular formula is C24H22N4O6S2. The summed E-state index contributed by atoms with van der Waals surface area (Å²) in [6.07, 6.45) is 4.25. The highest BCUT2D eigenvalue weighted by Gasteiger charge is 2.54. The molecule has 36 heavy (non-hydrogen) atoms. The molecule has 1 saturated carbocycles. The predicted octanol–water partition coefficient (Wildman–Crippen LogP) is 1.98. The number of β-lactam (4-membered cyclic amide) rings is 1. The third-order valence-corrected chi connectivity index (χ3v) is 8.74. The first kappa shape index (κ1) is 23.2. The Morgan fingerprint density at radius 2 is 2.08 bits per heavy atom. The van der Waals surface area contributed by atoms with E-state index in [1.807, 2.05) is 23.1 Å².